The van der Waals surface area contributed by atoms with Crippen LogP contribution < -0.4 is 0 Å². The number of hydrogen-bond donors (Lipinski definition) is 2. The van der Waals surface area contributed by atoms with Crippen LogP contribution in [0.3, 0.4) is 0 Å². The van der Waals surface area contributed by atoms with Gasteiger partial charge in [-0.15, -0.1) is 0 Å². The van der Waals surface area contributed by atoms with Crippen molar-refractivity contribution in [1.82, 2.24) is 9.13 Å². The van der Waals surface area contributed by atoms with Crippen LogP contribution in [-0.4, -0.2) is 42.0 Å². The predicted molar refractivity (Wildman–Crippen MR) is 429 cm³/mol. The summed E-state index contributed by atoms with van der Waals surface area (Å²) in [5, 5.41) is 31.9. The molecule has 0 unspecified atom stereocenters. The summed E-state index contributed by atoms with van der Waals surface area (Å²) in [4.78, 5) is 0. The Balaban J connectivity index is 0.00000389. The fraction of sp³-hybridized carbons (Fsp3) is 0.462. The maximum Gasteiger partial charge on any atom is 0.266 e. The van der Waals surface area contributed by atoms with Crippen LogP contribution in [0, 0.1) is 39.5 Å². The van der Waals surface area contributed by atoms with Gasteiger partial charge in [-0.05, 0) is 225 Å². The van der Waals surface area contributed by atoms with Gasteiger partial charge in [0.15, 0.2) is 13.2 Å². The van der Waals surface area contributed by atoms with Gasteiger partial charge in [-0.3, -0.25) is 0 Å². The van der Waals surface area contributed by atoms with Crippen molar-refractivity contribution in [3.63, 3.8) is 0 Å². The van der Waals surface area contributed by atoms with Crippen molar-refractivity contribution in [3.8, 4) is 56.6 Å². The molecule has 532 valence electrons. The average Bonchev–Trinajstić information content (AvgIpc) is 1.54. The zero-order valence-corrected chi connectivity index (χ0v) is 69.9. The van der Waals surface area contributed by atoms with Crippen LogP contribution in [0.15, 0.2) is 109 Å². The van der Waals surface area contributed by atoms with Gasteiger partial charge in [-0.25, -0.2) is 0 Å². The van der Waals surface area contributed by atoms with Crippen LogP contribution >= 0.6 is 0 Å². The van der Waals surface area contributed by atoms with Crippen LogP contribution in [0.5, 0.6) is 23.0 Å². The second-order valence-corrected chi connectivity index (χ2v) is 37.5. The van der Waals surface area contributed by atoms with Gasteiger partial charge in [-0.1, -0.05) is 201 Å². The molecular weight excluding hydrogens is 1390 g/mol. The smallest absolute Gasteiger partial charge is 0.266 e. The van der Waals surface area contributed by atoms with Gasteiger partial charge >= 0.3 is 0 Å². The molecule has 0 aliphatic heterocycles. The van der Waals surface area contributed by atoms with E-state index in [0.717, 1.165) is 125 Å². The molecule has 0 fully saturated rings. The normalized spacial score (nSPS) is 14.0. The number of aromatic nitrogens is 2. The van der Waals surface area contributed by atoms with Crippen LogP contribution in [0.1, 0.15) is 251 Å². The molecule has 2 aliphatic rings. The molecule has 2 aromatic heterocycles. The van der Waals surface area contributed by atoms with E-state index in [4.69, 9.17) is 9.47 Å². The number of aryl methyl sites for hydroxylation is 2. The van der Waals surface area contributed by atoms with Crippen molar-refractivity contribution in [3.05, 3.63) is 191 Å². The molecule has 7 heteroatoms. The van der Waals surface area contributed by atoms with Crippen molar-refractivity contribution in [1.29, 1.82) is 0 Å². The minimum absolute atomic E-state index is 0. The Kier molecular flexibility index (Phi) is 21.1. The maximum atomic E-state index is 13.6. The van der Waals surface area contributed by atoms with Crippen molar-refractivity contribution in [2.24, 2.45) is 10.8 Å². The summed E-state index contributed by atoms with van der Waals surface area (Å²) in [7, 11) is 0. The predicted octanol–water partition coefficient (Wildman–Crippen LogP) is 25.3. The minimum Gasteiger partial charge on any atom is -0.582 e. The Bertz CT molecular complexity index is 4320. The SMILES string of the molecule is Cc1cc(-c2cc(C(C)(C)CC(C)(C)C)cc(-n3c4cc(C(C)(C)C)ccc4c4ccc(C(C)(C)C)cc43)c2O)c([OH+]CCC[OH+]c2c(-c3cc(C(C)(C)CC(C)(C)C)cc(-n4c5cc(C(C)(C)C)ccc5c5ccc(C(C)(C)C)cc54)c3O)cc(C)c3c2CCC3)c2c1CCC2.[CH3-].[CH3-].[Hf]. The second kappa shape index (κ2) is 27.2. The molecule has 10 aromatic rings. The van der Waals surface area contributed by atoms with Gasteiger partial charge in [0.05, 0.1) is 55.7 Å². The monoisotopic (exact) mass is 1510 g/mol. The molecule has 0 atom stereocenters. The molecule has 100 heavy (non-hydrogen) atoms. The van der Waals surface area contributed by atoms with Gasteiger partial charge in [0, 0.05) is 58.5 Å². The number of hydrogen-bond acceptors (Lipinski definition) is 2. The van der Waals surface area contributed by atoms with E-state index >= 15 is 0 Å². The van der Waals surface area contributed by atoms with Crippen molar-refractivity contribution in [2.75, 3.05) is 13.2 Å². The Morgan fingerprint density at radius 3 is 0.900 bits per heavy atom. The van der Waals surface area contributed by atoms with Crippen LogP contribution in [-0.2, 0) is 84.0 Å². The average molecular weight is 1510 g/mol. The van der Waals surface area contributed by atoms with E-state index in [0.29, 0.717) is 13.2 Å². The van der Waals surface area contributed by atoms with Gasteiger partial charge in [0.2, 0.25) is 0 Å². The zero-order valence-electron chi connectivity index (χ0n) is 66.4. The Morgan fingerprint density at radius 2 is 0.630 bits per heavy atom. The third-order valence-corrected chi connectivity index (χ3v) is 21.8. The molecule has 4 N–H and O–H groups in total. The molecule has 2 aliphatic carbocycles. The number of rotatable bonds is 14. The number of aromatic hydroxyl groups is 4. The van der Waals surface area contributed by atoms with E-state index in [1.807, 2.05) is 0 Å². The van der Waals surface area contributed by atoms with E-state index in [1.165, 1.54) is 88.3 Å². The molecule has 0 amide bonds. The summed E-state index contributed by atoms with van der Waals surface area (Å²) >= 11 is 0. The third kappa shape index (κ3) is 14.7. The Morgan fingerprint density at radius 1 is 0.350 bits per heavy atom. The summed E-state index contributed by atoms with van der Waals surface area (Å²) in [5.41, 5.74) is 24.3. The number of benzene rings is 8. The summed E-state index contributed by atoms with van der Waals surface area (Å²) in [5.74, 6) is 2.58. The van der Waals surface area contributed by atoms with Gasteiger partial charge in [0.25, 0.3) is 11.5 Å². The summed E-state index contributed by atoms with van der Waals surface area (Å²) in [6.45, 7) is 56.8. The first-order valence-corrected chi connectivity index (χ1v) is 36.6. The molecule has 6 nitrogen and oxygen atoms in total. The van der Waals surface area contributed by atoms with Crippen LogP contribution in [0.25, 0.3) is 77.2 Å². The number of ether oxygens (including phenoxy) is 2. The molecule has 0 bridgehead atoms. The maximum absolute atomic E-state index is 13.6. The number of phenolic OH excluding ortho intramolecular Hbond substituents is 2. The molecule has 0 radical (unpaired) electrons. The van der Waals surface area contributed by atoms with Gasteiger partial charge < -0.3 is 43.7 Å². The molecule has 8 aromatic carbocycles. The van der Waals surface area contributed by atoms with Gasteiger partial charge in [0.1, 0.15) is 17.9 Å². The zero-order chi connectivity index (χ0) is 70.4. The fourth-order valence-corrected chi connectivity index (χ4v) is 17.2. The van der Waals surface area contributed by atoms with E-state index in [-0.39, 0.29) is 95.5 Å². The first-order chi connectivity index (χ1) is 45.0. The largest absolute Gasteiger partial charge is 0.582 e. The third-order valence-electron chi connectivity index (χ3n) is 21.8. The van der Waals surface area contributed by atoms with E-state index in [1.54, 1.807) is 0 Å². The number of nitrogens with zero attached hydrogens (tertiary/aromatic N) is 2. The molecular formula is C93H122HfN2O4. The summed E-state index contributed by atoms with van der Waals surface area (Å²) in [6, 6.07) is 41.9. The standard InChI is InChI=1S/C91H114N2O4.2CH3.Hf/c1-54-42-72(70-44-60(90(21,22)52-84(3,4)5)50-78(80(70)94)92-74-46-56(86(9,10)11)32-36-64(74)65-37-33-57(47-75(65)92)87(12,13)14)82(68-30-25-28-62(54)68)96-40-27-41-97-83-69-31-26-29-63(69)55(2)43-73(83)71-45-61(91(23,24)53-85(6,7)8)51-79(81(71)95)93-76-48-58(88(15,16)17)34-38-66(76)67-39-35-59(49-77(67)93)89(18,19)20;;;/h32-39,42-51,94-95H,25-31,40-41,52-53H2,1-24H3;2*1H3;/q;2*-1;/p+2. The second-order valence-electron chi connectivity index (χ2n) is 37.5. The minimum atomic E-state index is -0.249. The summed E-state index contributed by atoms with van der Waals surface area (Å²) in [6.07, 6.45) is 8.76. The van der Waals surface area contributed by atoms with Crippen LogP contribution in [0.2, 0.25) is 0 Å². The van der Waals surface area contributed by atoms with Gasteiger partial charge in [-0.2, -0.15) is 0 Å². The molecule has 2 heterocycles. The number of phenols is 2. The van der Waals surface area contributed by atoms with Crippen molar-refractivity contribution in [2.45, 2.75) is 256 Å². The Hall–Kier alpha value is -6.57. The first kappa shape index (κ1) is 77.6. The Labute approximate surface area is 621 Å². The summed E-state index contributed by atoms with van der Waals surface area (Å²) < 4.78 is 16.3. The number of aliphatic hydroxyl groups is 2. The van der Waals surface area contributed by atoms with Crippen molar-refractivity contribution < 1.29 is 45.5 Å². The molecule has 0 spiro atoms. The topological polar surface area (TPSA) is 75.9 Å². The number of fused-ring (bicyclic) bond motifs is 8. The van der Waals surface area contributed by atoms with E-state index in [9.17, 15) is 10.2 Å². The van der Waals surface area contributed by atoms with E-state index in [2.05, 4.69) is 284 Å². The molecule has 0 saturated heterocycles. The van der Waals surface area contributed by atoms with Crippen LogP contribution in [0.4, 0.5) is 0 Å². The fourth-order valence-electron chi connectivity index (χ4n) is 17.2. The van der Waals surface area contributed by atoms with E-state index < -0.39 is 0 Å². The quantitative estimate of drug-likeness (QED) is 0.0493. The first-order valence-electron chi connectivity index (χ1n) is 36.6. The molecule has 12 rings (SSSR count). The van der Waals surface area contributed by atoms with Crippen molar-refractivity contribution >= 4 is 43.6 Å². The molecule has 0 saturated carbocycles.